The van der Waals surface area contributed by atoms with Gasteiger partial charge in [-0.15, -0.1) is 24.0 Å². The minimum atomic E-state index is -4.11. The van der Waals surface area contributed by atoms with Crippen LogP contribution in [0.2, 0.25) is 0 Å². The van der Waals surface area contributed by atoms with E-state index in [-0.39, 0.29) is 42.8 Å². The quantitative estimate of drug-likeness (QED) is 0.298. The summed E-state index contributed by atoms with van der Waals surface area (Å²) in [7, 11) is 3.38. The van der Waals surface area contributed by atoms with Crippen LogP contribution in [0.4, 0.5) is 18.9 Å². The van der Waals surface area contributed by atoms with E-state index < -0.39 is 12.6 Å². The number of anilines is 1. The lowest BCUT2D eigenvalue weighted by Crippen LogP contribution is -2.55. The van der Waals surface area contributed by atoms with Crippen molar-refractivity contribution >= 4 is 41.5 Å². The molecule has 0 saturated carbocycles. The maximum atomic E-state index is 12.4. The molecule has 7 nitrogen and oxygen atoms in total. The van der Waals surface area contributed by atoms with Gasteiger partial charge in [-0.05, 0) is 12.8 Å². The molecule has 1 amide bonds. The highest BCUT2D eigenvalue weighted by atomic mass is 127. The van der Waals surface area contributed by atoms with Crippen molar-refractivity contribution in [2.75, 3.05) is 38.1 Å². The van der Waals surface area contributed by atoms with Crippen LogP contribution in [0.5, 0.6) is 0 Å². The first kappa shape index (κ1) is 22.5. The van der Waals surface area contributed by atoms with Crippen molar-refractivity contribution in [2.24, 2.45) is 12.0 Å². The van der Waals surface area contributed by atoms with Gasteiger partial charge < -0.3 is 15.1 Å². The average molecular weight is 488 g/mol. The Labute approximate surface area is 167 Å². The largest absolute Gasteiger partial charge is 0.389 e. The second-order valence-corrected chi connectivity index (χ2v) is 5.89. The minimum absolute atomic E-state index is 0. The maximum Gasteiger partial charge on any atom is 0.389 e. The number of unbranched alkanes of at least 4 members (excludes halogenated alkanes) is 1. The Kier molecular flexibility index (Phi) is 8.63. The third kappa shape index (κ3) is 6.65. The molecular formula is C15H24F3IN6O. The number of piperazine rings is 1. The molecule has 1 fully saturated rings. The van der Waals surface area contributed by atoms with Crippen LogP contribution in [0.1, 0.15) is 19.3 Å². The number of hydrogen-bond acceptors (Lipinski definition) is 3. The number of aliphatic imine (C=N–C) groups is 1. The molecular weight excluding hydrogens is 464 g/mol. The predicted octanol–water partition coefficient (Wildman–Crippen LogP) is 1.99. The van der Waals surface area contributed by atoms with Crippen molar-refractivity contribution in [2.45, 2.75) is 25.4 Å². The molecule has 0 radical (unpaired) electrons. The van der Waals surface area contributed by atoms with E-state index in [0.29, 0.717) is 32.0 Å². The van der Waals surface area contributed by atoms with Gasteiger partial charge in [0.2, 0.25) is 5.91 Å². The number of aryl methyl sites for hydroxylation is 1. The van der Waals surface area contributed by atoms with E-state index in [1.807, 2.05) is 0 Å². The van der Waals surface area contributed by atoms with Crippen LogP contribution in [-0.2, 0) is 11.8 Å². The number of nitrogens with zero attached hydrogens (tertiary/aromatic N) is 5. The molecule has 2 rings (SSSR count). The number of aromatic nitrogens is 2. The Bertz CT molecular complexity index is 619. The van der Waals surface area contributed by atoms with Gasteiger partial charge in [-0.2, -0.15) is 18.3 Å². The number of hydrogen-bond donors (Lipinski definition) is 1. The molecule has 1 aromatic heterocycles. The molecule has 0 unspecified atom stereocenters. The molecule has 1 N–H and O–H groups in total. The normalized spacial score (nSPS) is 15.9. The number of carbonyl (C=O) groups excluding carboxylic acids is 1. The maximum absolute atomic E-state index is 12.4. The van der Waals surface area contributed by atoms with E-state index in [4.69, 9.17) is 0 Å². The molecule has 2 heterocycles. The first-order chi connectivity index (χ1) is 11.8. The first-order valence-electron chi connectivity index (χ1n) is 8.11. The summed E-state index contributed by atoms with van der Waals surface area (Å²) in [6.45, 7) is 1.64. The van der Waals surface area contributed by atoms with E-state index in [0.717, 1.165) is 5.69 Å². The van der Waals surface area contributed by atoms with Gasteiger partial charge in [0.1, 0.15) is 6.54 Å². The molecule has 1 saturated heterocycles. The topological polar surface area (TPSA) is 65.8 Å². The van der Waals surface area contributed by atoms with Crippen molar-refractivity contribution in [3.05, 3.63) is 12.4 Å². The Morgan fingerprint density at radius 3 is 2.62 bits per heavy atom. The van der Waals surface area contributed by atoms with Gasteiger partial charge in [-0.1, -0.05) is 0 Å². The highest BCUT2D eigenvalue weighted by molar-refractivity contribution is 14.0. The Morgan fingerprint density at radius 2 is 2.08 bits per heavy atom. The van der Waals surface area contributed by atoms with Crippen molar-refractivity contribution in [3.8, 4) is 0 Å². The zero-order valence-electron chi connectivity index (χ0n) is 14.8. The SMILES string of the molecule is CN=C(NCCCCC(F)(F)F)N1CCN(c2cnn(C)c2)C(=O)C1.I. The zero-order chi connectivity index (χ0) is 18.4. The van der Waals surface area contributed by atoms with Crippen molar-refractivity contribution in [3.63, 3.8) is 0 Å². The van der Waals surface area contributed by atoms with Gasteiger partial charge in [-0.25, -0.2) is 0 Å². The van der Waals surface area contributed by atoms with Crippen LogP contribution in [0, 0.1) is 0 Å². The van der Waals surface area contributed by atoms with Gasteiger partial charge >= 0.3 is 6.18 Å². The molecule has 26 heavy (non-hydrogen) atoms. The van der Waals surface area contributed by atoms with E-state index in [2.05, 4.69) is 15.4 Å². The van der Waals surface area contributed by atoms with Crippen LogP contribution in [0.15, 0.2) is 17.4 Å². The summed E-state index contributed by atoms with van der Waals surface area (Å²) >= 11 is 0. The molecule has 0 atom stereocenters. The first-order valence-corrected chi connectivity index (χ1v) is 8.11. The molecule has 11 heteroatoms. The predicted molar refractivity (Wildman–Crippen MR) is 104 cm³/mol. The second-order valence-electron chi connectivity index (χ2n) is 5.89. The van der Waals surface area contributed by atoms with E-state index in [1.165, 1.54) is 0 Å². The lowest BCUT2D eigenvalue weighted by molar-refractivity contribution is -0.135. The smallest absolute Gasteiger partial charge is 0.356 e. The second kappa shape index (κ2) is 9.97. The Morgan fingerprint density at radius 1 is 1.35 bits per heavy atom. The standard InChI is InChI=1S/C15H23F3N6O.HI/c1-19-14(20-6-4-3-5-15(16,17)18)23-7-8-24(13(25)11-23)12-9-21-22(2)10-12;/h9-10H,3-8,11H2,1-2H3,(H,19,20);1H. The molecule has 0 aromatic carbocycles. The number of guanidine groups is 1. The summed E-state index contributed by atoms with van der Waals surface area (Å²) in [5, 5.41) is 7.09. The number of amides is 1. The molecule has 0 bridgehead atoms. The summed E-state index contributed by atoms with van der Waals surface area (Å²) in [6, 6.07) is 0. The molecule has 1 aliphatic rings. The van der Waals surface area contributed by atoms with Crippen LogP contribution in [-0.4, -0.2) is 66.0 Å². The molecule has 0 spiro atoms. The summed E-state index contributed by atoms with van der Waals surface area (Å²) in [5.74, 6) is 0.463. The van der Waals surface area contributed by atoms with Gasteiger partial charge in [0.15, 0.2) is 5.96 Å². The fraction of sp³-hybridized carbons (Fsp3) is 0.667. The summed E-state index contributed by atoms with van der Waals surface area (Å²) in [5.41, 5.74) is 0.752. The molecule has 148 valence electrons. The third-order valence-corrected chi connectivity index (χ3v) is 3.91. The van der Waals surface area contributed by atoms with Crippen LogP contribution in [0.25, 0.3) is 0 Å². The number of carbonyl (C=O) groups is 1. The number of nitrogens with one attached hydrogen (secondary N) is 1. The molecule has 1 aromatic rings. The molecule has 1 aliphatic heterocycles. The summed E-state index contributed by atoms with van der Waals surface area (Å²) in [4.78, 5) is 19.9. The van der Waals surface area contributed by atoms with Crippen molar-refractivity contribution < 1.29 is 18.0 Å². The van der Waals surface area contributed by atoms with E-state index >= 15 is 0 Å². The average Bonchev–Trinajstić information content (AvgIpc) is 2.96. The fourth-order valence-electron chi connectivity index (χ4n) is 2.66. The van der Waals surface area contributed by atoms with E-state index in [1.54, 1.807) is 41.0 Å². The monoisotopic (exact) mass is 488 g/mol. The lowest BCUT2D eigenvalue weighted by atomic mass is 10.2. The Hall–Kier alpha value is -1.53. The summed E-state index contributed by atoms with van der Waals surface area (Å²) in [6.07, 6.45) is -1.02. The van der Waals surface area contributed by atoms with Gasteiger partial charge in [-0.3, -0.25) is 14.5 Å². The summed E-state index contributed by atoms with van der Waals surface area (Å²) < 4.78 is 38.0. The van der Waals surface area contributed by atoms with Crippen LogP contribution in [0.3, 0.4) is 0 Å². The van der Waals surface area contributed by atoms with Crippen LogP contribution >= 0.6 is 24.0 Å². The fourth-order valence-corrected chi connectivity index (χ4v) is 2.66. The highest BCUT2D eigenvalue weighted by Gasteiger charge is 2.28. The molecule has 0 aliphatic carbocycles. The van der Waals surface area contributed by atoms with Crippen molar-refractivity contribution in [1.82, 2.24) is 20.0 Å². The third-order valence-electron chi connectivity index (χ3n) is 3.91. The number of alkyl halides is 3. The van der Waals surface area contributed by atoms with Gasteiger partial charge in [0.05, 0.1) is 11.9 Å². The number of halogens is 4. The lowest BCUT2D eigenvalue weighted by Gasteiger charge is -2.35. The Balaban J connectivity index is 0.00000338. The zero-order valence-corrected chi connectivity index (χ0v) is 17.1. The number of rotatable bonds is 5. The van der Waals surface area contributed by atoms with E-state index in [9.17, 15) is 18.0 Å². The van der Waals surface area contributed by atoms with Crippen molar-refractivity contribution in [1.29, 1.82) is 0 Å². The minimum Gasteiger partial charge on any atom is -0.356 e. The van der Waals surface area contributed by atoms with Gasteiger partial charge in [0.25, 0.3) is 0 Å². The van der Waals surface area contributed by atoms with Crippen LogP contribution < -0.4 is 10.2 Å². The van der Waals surface area contributed by atoms with Gasteiger partial charge in [0, 0.05) is 46.3 Å². The highest BCUT2D eigenvalue weighted by Crippen LogP contribution is 2.22.